The van der Waals surface area contributed by atoms with Gasteiger partial charge in [0, 0.05) is 6.54 Å². The highest BCUT2D eigenvalue weighted by Gasteiger charge is 2.13. The van der Waals surface area contributed by atoms with Crippen molar-refractivity contribution in [2.75, 3.05) is 26.9 Å². The largest absolute Gasteiger partial charge is 0.493 e. The van der Waals surface area contributed by atoms with Crippen molar-refractivity contribution in [2.24, 2.45) is 0 Å². The van der Waals surface area contributed by atoms with Crippen molar-refractivity contribution >= 4 is 15.9 Å². The maximum atomic E-state index is 9.33. The second-order valence-corrected chi connectivity index (χ2v) is 5.29. The van der Waals surface area contributed by atoms with Gasteiger partial charge in [-0.15, -0.1) is 0 Å². The molecule has 0 bridgehead atoms. The first kappa shape index (κ1) is 17.2. The molecule has 1 rings (SSSR count). The van der Waals surface area contributed by atoms with Crippen molar-refractivity contribution in [1.29, 1.82) is 0 Å². The molecule has 0 aliphatic heterocycles. The number of methoxy groups -OCH3 is 1. The zero-order valence-electron chi connectivity index (χ0n) is 11.9. The van der Waals surface area contributed by atoms with E-state index in [-0.39, 0.29) is 13.2 Å². The topological polar surface area (TPSA) is 71.0 Å². The molecular weight excluding hydrogens is 326 g/mol. The molecule has 0 aliphatic rings. The van der Waals surface area contributed by atoms with E-state index < -0.39 is 6.10 Å². The van der Waals surface area contributed by atoms with Crippen LogP contribution in [0.25, 0.3) is 0 Å². The molecule has 1 aromatic rings. The molecule has 0 fully saturated rings. The summed E-state index contributed by atoms with van der Waals surface area (Å²) in [4.78, 5) is 0. The van der Waals surface area contributed by atoms with Gasteiger partial charge in [0.2, 0.25) is 0 Å². The Kier molecular flexibility index (Phi) is 7.91. The van der Waals surface area contributed by atoms with Gasteiger partial charge in [-0.2, -0.15) is 0 Å². The summed E-state index contributed by atoms with van der Waals surface area (Å²) in [5, 5.41) is 21.4. The van der Waals surface area contributed by atoms with Crippen molar-refractivity contribution in [1.82, 2.24) is 5.32 Å². The maximum absolute atomic E-state index is 9.33. The normalized spacial score (nSPS) is 12.2. The predicted octanol–water partition coefficient (Wildman–Crippen LogP) is 1.69. The molecular formula is C14H22BrNO4. The van der Waals surface area contributed by atoms with Crippen molar-refractivity contribution < 1.29 is 19.7 Å². The van der Waals surface area contributed by atoms with Crippen LogP contribution in [0, 0.1) is 0 Å². The SMILES string of the molecule is CCCNCc1cc(Br)c(OCC(O)CO)c(OC)c1. The highest BCUT2D eigenvalue weighted by Crippen LogP contribution is 2.36. The molecule has 0 amide bonds. The number of hydrogen-bond acceptors (Lipinski definition) is 5. The van der Waals surface area contributed by atoms with E-state index in [1.165, 1.54) is 0 Å². The number of aliphatic hydroxyl groups excluding tert-OH is 2. The number of nitrogens with one attached hydrogen (secondary N) is 1. The van der Waals surface area contributed by atoms with Crippen molar-refractivity contribution in [3.63, 3.8) is 0 Å². The number of hydrogen-bond donors (Lipinski definition) is 3. The van der Waals surface area contributed by atoms with Gasteiger partial charge in [0.25, 0.3) is 0 Å². The number of rotatable bonds is 9. The fourth-order valence-corrected chi connectivity index (χ4v) is 2.26. The smallest absolute Gasteiger partial charge is 0.175 e. The van der Waals surface area contributed by atoms with Crippen LogP contribution >= 0.6 is 15.9 Å². The Balaban J connectivity index is 2.79. The average molecular weight is 348 g/mol. The molecule has 0 spiro atoms. The van der Waals surface area contributed by atoms with Gasteiger partial charge in [-0.3, -0.25) is 0 Å². The molecule has 20 heavy (non-hydrogen) atoms. The number of aliphatic hydroxyl groups is 2. The molecule has 0 aromatic heterocycles. The molecule has 0 aliphatic carbocycles. The molecule has 0 heterocycles. The van der Waals surface area contributed by atoms with Crippen molar-refractivity contribution in [3.8, 4) is 11.5 Å². The number of halogens is 1. The second kappa shape index (κ2) is 9.18. The molecule has 6 heteroatoms. The van der Waals surface area contributed by atoms with Gasteiger partial charge in [0.15, 0.2) is 11.5 Å². The van der Waals surface area contributed by atoms with E-state index in [4.69, 9.17) is 14.6 Å². The zero-order valence-corrected chi connectivity index (χ0v) is 13.4. The van der Waals surface area contributed by atoms with Crippen LogP contribution < -0.4 is 14.8 Å². The van der Waals surface area contributed by atoms with E-state index in [1.807, 2.05) is 12.1 Å². The Labute approximate surface area is 128 Å². The third kappa shape index (κ3) is 5.28. The molecule has 5 nitrogen and oxygen atoms in total. The quantitative estimate of drug-likeness (QED) is 0.593. The van der Waals surface area contributed by atoms with Gasteiger partial charge in [-0.05, 0) is 46.6 Å². The lowest BCUT2D eigenvalue weighted by Gasteiger charge is -2.16. The second-order valence-electron chi connectivity index (χ2n) is 4.43. The van der Waals surface area contributed by atoms with E-state index in [9.17, 15) is 5.11 Å². The average Bonchev–Trinajstić information content (AvgIpc) is 2.45. The van der Waals surface area contributed by atoms with E-state index >= 15 is 0 Å². The summed E-state index contributed by atoms with van der Waals surface area (Å²) < 4.78 is 11.6. The van der Waals surface area contributed by atoms with Gasteiger partial charge in [-0.1, -0.05) is 6.92 Å². The summed E-state index contributed by atoms with van der Waals surface area (Å²) in [5.74, 6) is 1.12. The predicted molar refractivity (Wildman–Crippen MR) is 81.3 cm³/mol. The van der Waals surface area contributed by atoms with E-state index in [1.54, 1.807) is 7.11 Å². The summed E-state index contributed by atoms with van der Waals surface area (Å²) >= 11 is 3.44. The standard InChI is InChI=1S/C14H22BrNO4/c1-3-4-16-7-10-5-12(15)14(13(6-10)19-2)20-9-11(18)8-17/h5-6,11,16-18H,3-4,7-9H2,1-2H3. The fourth-order valence-electron chi connectivity index (χ4n) is 1.66. The Morgan fingerprint density at radius 2 is 2.15 bits per heavy atom. The van der Waals surface area contributed by atoms with Gasteiger partial charge in [0.05, 0.1) is 18.2 Å². The molecule has 0 saturated heterocycles. The first-order chi connectivity index (χ1) is 9.62. The summed E-state index contributed by atoms with van der Waals surface area (Å²) in [6.07, 6.45) is 0.177. The molecule has 1 atom stereocenters. The maximum Gasteiger partial charge on any atom is 0.175 e. The lowest BCUT2D eigenvalue weighted by Crippen LogP contribution is -2.21. The monoisotopic (exact) mass is 347 g/mol. The fraction of sp³-hybridized carbons (Fsp3) is 0.571. The molecule has 114 valence electrons. The molecule has 3 N–H and O–H groups in total. The van der Waals surface area contributed by atoms with Crippen molar-refractivity contribution in [3.05, 3.63) is 22.2 Å². The summed E-state index contributed by atoms with van der Waals surface area (Å²) in [7, 11) is 1.57. The van der Waals surface area contributed by atoms with Crippen LogP contribution in [0.5, 0.6) is 11.5 Å². The van der Waals surface area contributed by atoms with Crippen molar-refractivity contribution in [2.45, 2.75) is 26.0 Å². The third-order valence-corrected chi connectivity index (χ3v) is 3.26. The van der Waals surface area contributed by atoms with Gasteiger partial charge in [-0.25, -0.2) is 0 Å². The Bertz CT molecular complexity index is 414. The van der Waals surface area contributed by atoms with E-state index in [0.29, 0.717) is 11.5 Å². The minimum Gasteiger partial charge on any atom is -0.493 e. The first-order valence-corrected chi connectivity index (χ1v) is 7.40. The lowest BCUT2D eigenvalue weighted by molar-refractivity contribution is 0.0524. The Morgan fingerprint density at radius 3 is 2.75 bits per heavy atom. The minimum atomic E-state index is -0.905. The van der Waals surface area contributed by atoms with Crippen LogP contribution in [0.15, 0.2) is 16.6 Å². The van der Waals surface area contributed by atoms with Crippen LogP contribution in [0.2, 0.25) is 0 Å². The Hall–Kier alpha value is -0.820. The van der Waals surface area contributed by atoms with E-state index in [0.717, 1.165) is 29.5 Å². The zero-order chi connectivity index (χ0) is 15.0. The lowest BCUT2D eigenvalue weighted by atomic mass is 10.2. The van der Waals surface area contributed by atoms with Crippen LogP contribution in [-0.2, 0) is 6.54 Å². The first-order valence-electron chi connectivity index (χ1n) is 6.61. The Morgan fingerprint density at radius 1 is 1.40 bits per heavy atom. The van der Waals surface area contributed by atoms with E-state index in [2.05, 4.69) is 28.2 Å². The summed E-state index contributed by atoms with van der Waals surface area (Å²) in [5.41, 5.74) is 1.08. The number of benzene rings is 1. The van der Waals surface area contributed by atoms with Gasteiger partial charge in [0.1, 0.15) is 12.7 Å². The van der Waals surface area contributed by atoms with Crippen LogP contribution in [0.4, 0.5) is 0 Å². The highest BCUT2D eigenvalue weighted by molar-refractivity contribution is 9.10. The molecule has 1 aromatic carbocycles. The summed E-state index contributed by atoms with van der Waals surface area (Å²) in [6, 6.07) is 3.85. The van der Waals surface area contributed by atoms with Gasteiger partial charge >= 0.3 is 0 Å². The third-order valence-electron chi connectivity index (χ3n) is 2.68. The van der Waals surface area contributed by atoms with Crippen LogP contribution in [-0.4, -0.2) is 43.2 Å². The van der Waals surface area contributed by atoms with Crippen LogP contribution in [0.3, 0.4) is 0 Å². The minimum absolute atomic E-state index is 0.0128. The molecule has 1 unspecified atom stereocenters. The van der Waals surface area contributed by atoms with Crippen LogP contribution in [0.1, 0.15) is 18.9 Å². The van der Waals surface area contributed by atoms with Gasteiger partial charge < -0.3 is 25.0 Å². The summed E-state index contributed by atoms with van der Waals surface area (Å²) in [6.45, 7) is 3.51. The molecule has 0 saturated carbocycles. The highest BCUT2D eigenvalue weighted by atomic mass is 79.9. The molecule has 0 radical (unpaired) electrons. The number of ether oxygens (including phenoxy) is 2.